The summed E-state index contributed by atoms with van der Waals surface area (Å²) in [5.41, 5.74) is 2.27. The molecule has 0 saturated heterocycles. The monoisotopic (exact) mass is 453 g/mol. The number of carbonyl (C=O) groups excluding carboxylic acids is 1. The molecule has 0 unspecified atom stereocenters. The van der Waals surface area contributed by atoms with Crippen LogP contribution < -0.4 is 4.74 Å². The molecule has 1 fully saturated rings. The fourth-order valence-electron chi connectivity index (χ4n) is 4.62. The number of ether oxygens (including phenoxy) is 1. The Morgan fingerprint density at radius 1 is 0.939 bits per heavy atom. The maximum absolute atomic E-state index is 14.0. The van der Waals surface area contributed by atoms with Gasteiger partial charge in [-0.2, -0.15) is 9.65 Å². The van der Waals surface area contributed by atoms with Gasteiger partial charge in [0, 0.05) is 0 Å². The third kappa shape index (κ3) is 6.87. The van der Waals surface area contributed by atoms with E-state index < -0.39 is 28.9 Å². The van der Waals surface area contributed by atoms with Crippen LogP contribution in [0.25, 0.3) is 0 Å². The zero-order valence-electron chi connectivity index (χ0n) is 19.4. The Morgan fingerprint density at radius 3 is 2.27 bits per heavy atom. The van der Waals surface area contributed by atoms with Crippen LogP contribution in [-0.2, 0) is 11.2 Å². The first-order valence-corrected chi connectivity index (χ1v) is 12.2. The molecule has 1 aliphatic rings. The Morgan fingerprint density at radius 2 is 1.61 bits per heavy atom. The molecule has 5 heteroatoms. The fourth-order valence-corrected chi connectivity index (χ4v) is 4.62. The van der Waals surface area contributed by atoms with Gasteiger partial charge in [0.25, 0.3) is 0 Å². The average molecular weight is 454 g/mol. The van der Waals surface area contributed by atoms with Crippen molar-refractivity contribution in [3.05, 3.63) is 64.7 Å². The summed E-state index contributed by atoms with van der Waals surface area (Å²) in [6.07, 6.45) is 12.0. The summed E-state index contributed by atoms with van der Waals surface area (Å²) in [6.45, 7) is 2.24. The molecule has 1 saturated carbocycles. The molecule has 0 aliphatic heterocycles. The summed E-state index contributed by atoms with van der Waals surface area (Å²) in [4.78, 5) is 12.5. The largest absolute Gasteiger partial charge is 0.423 e. The number of aryl methyl sites for hydroxylation is 1. The highest BCUT2D eigenvalue weighted by Gasteiger charge is 2.29. The quantitative estimate of drug-likeness (QED) is 0.211. The highest BCUT2D eigenvalue weighted by molar-refractivity contribution is 5.75. The van der Waals surface area contributed by atoms with Crippen LogP contribution in [0.3, 0.4) is 0 Å². The number of unbranched alkanes of at least 4 members (excludes halogenated alkanes) is 5. The number of esters is 1. The number of carbonyl (C=O) groups is 1. The lowest BCUT2D eigenvalue weighted by Gasteiger charge is -2.27. The van der Waals surface area contributed by atoms with E-state index in [9.17, 15) is 13.6 Å². The molecule has 0 spiro atoms. The summed E-state index contributed by atoms with van der Waals surface area (Å²) in [5, 5.41) is 8.76. The van der Waals surface area contributed by atoms with Gasteiger partial charge in [0.2, 0.25) is 5.82 Å². The number of benzene rings is 2. The van der Waals surface area contributed by atoms with Gasteiger partial charge in [0.15, 0.2) is 11.6 Å². The van der Waals surface area contributed by atoms with Crippen LogP contribution in [0.2, 0.25) is 0 Å². The highest BCUT2D eigenvalue weighted by atomic mass is 19.2. The van der Waals surface area contributed by atoms with Crippen molar-refractivity contribution in [3.8, 4) is 11.8 Å². The van der Waals surface area contributed by atoms with Crippen LogP contribution in [0.1, 0.15) is 93.7 Å². The highest BCUT2D eigenvalue weighted by Crippen LogP contribution is 2.37. The molecule has 0 aromatic heterocycles. The molecule has 3 nitrogen and oxygen atoms in total. The Hall–Kier alpha value is -2.74. The van der Waals surface area contributed by atoms with E-state index in [1.165, 1.54) is 49.7 Å². The first kappa shape index (κ1) is 24.9. The zero-order valence-corrected chi connectivity index (χ0v) is 19.4. The Labute approximate surface area is 195 Å². The van der Waals surface area contributed by atoms with Crippen molar-refractivity contribution >= 4 is 5.97 Å². The van der Waals surface area contributed by atoms with E-state index in [0.29, 0.717) is 18.8 Å². The number of rotatable bonds is 10. The minimum atomic E-state index is -1.29. The van der Waals surface area contributed by atoms with E-state index >= 15 is 0 Å². The third-order valence-electron chi connectivity index (χ3n) is 6.71. The minimum Gasteiger partial charge on any atom is -0.423 e. The average Bonchev–Trinajstić information content (AvgIpc) is 2.85. The predicted molar refractivity (Wildman–Crippen MR) is 125 cm³/mol. The molecule has 176 valence electrons. The van der Waals surface area contributed by atoms with E-state index in [1.54, 1.807) is 6.07 Å². The molecule has 0 N–H and O–H groups in total. The van der Waals surface area contributed by atoms with Gasteiger partial charge in [-0.15, -0.1) is 0 Å². The number of hydrogen-bond acceptors (Lipinski definition) is 3. The summed E-state index contributed by atoms with van der Waals surface area (Å²) in [7, 11) is 0. The number of halogens is 2. The molecule has 0 radical (unpaired) electrons. The standard InChI is InChI=1S/C28H33F2NO2/c1-2-3-4-5-6-7-8-20-9-11-21(12-10-20)22-13-15-23(16-14-22)28(32)33-25-18-17-24(19-31)26(29)27(25)30/h9-12,17-18,22-23H,2-8,13-16H2,1H3/t22-,23-. The van der Waals surface area contributed by atoms with E-state index in [1.807, 2.05) is 0 Å². The minimum absolute atomic E-state index is 0.327. The van der Waals surface area contributed by atoms with Crippen LogP contribution in [-0.4, -0.2) is 5.97 Å². The van der Waals surface area contributed by atoms with Gasteiger partial charge in [0.05, 0.1) is 11.5 Å². The van der Waals surface area contributed by atoms with Crippen molar-refractivity contribution in [1.29, 1.82) is 5.26 Å². The summed E-state index contributed by atoms with van der Waals surface area (Å²) >= 11 is 0. The van der Waals surface area contributed by atoms with Crippen molar-refractivity contribution in [3.63, 3.8) is 0 Å². The Kier molecular flexibility index (Phi) is 9.42. The van der Waals surface area contributed by atoms with Crippen molar-refractivity contribution < 1.29 is 18.3 Å². The van der Waals surface area contributed by atoms with Crippen molar-refractivity contribution in [2.75, 3.05) is 0 Å². The van der Waals surface area contributed by atoms with Crippen molar-refractivity contribution in [2.24, 2.45) is 5.92 Å². The van der Waals surface area contributed by atoms with Gasteiger partial charge in [-0.25, -0.2) is 4.39 Å². The van der Waals surface area contributed by atoms with Crippen LogP contribution >= 0.6 is 0 Å². The molecule has 1 aliphatic carbocycles. The number of nitrogens with zero attached hydrogens (tertiary/aromatic N) is 1. The molecular formula is C28H33F2NO2. The molecule has 33 heavy (non-hydrogen) atoms. The molecular weight excluding hydrogens is 420 g/mol. The molecule has 0 atom stereocenters. The second-order valence-corrected chi connectivity index (χ2v) is 9.08. The van der Waals surface area contributed by atoms with Gasteiger partial charge in [0.1, 0.15) is 6.07 Å². The van der Waals surface area contributed by atoms with E-state index in [-0.39, 0.29) is 5.92 Å². The van der Waals surface area contributed by atoms with Crippen LogP contribution in [0.15, 0.2) is 36.4 Å². The van der Waals surface area contributed by atoms with Crippen LogP contribution in [0.5, 0.6) is 5.75 Å². The molecule has 2 aromatic carbocycles. The third-order valence-corrected chi connectivity index (χ3v) is 6.71. The summed E-state index contributed by atoms with van der Waals surface area (Å²) in [5.74, 6) is -3.50. The first-order valence-electron chi connectivity index (χ1n) is 12.2. The van der Waals surface area contributed by atoms with Gasteiger partial charge in [-0.1, -0.05) is 63.3 Å². The second-order valence-electron chi connectivity index (χ2n) is 9.08. The maximum Gasteiger partial charge on any atom is 0.314 e. The zero-order chi connectivity index (χ0) is 23.6. The lowest BCUT2D eigenvalue weighted by atomic mass is 9.78. The van der Waals surface area contributed by atoms with Crippen molar-refractivity contribution in [1.82, 2.24) is 0 Å². The normalized spacial score (nSPS) is 18.0. The predicted octanol–water partition coefficient (Wildman–Crippen LogP) is 7.62. The molecule has 0 amide bonds. The van der Waals surface area contributed by atoms with E-state index in [4.69, 9.17) is 10.00 Å². The van der Waals surface area contributed by atoms with Crippen LogP contribution in [0.4, 0.5) is 8.78 Å². The fraction of sp³-hybridized carbons (Fsp3) is 0.500. The second kappa shape index (κ2) is 12.5. The lowest BCUT2D eigenvalue weighted by molar-refractivity contribution is -0.140. The van der Waals surface area contributed by atoms with E-state index in [2.05, 4.69) is 31.2 Å². The molecule has 2 aromatic rings. The van der Waals surface area contributed by atoms with E-state index in [0.717, 1.165) is 31.4 Å². The summed E-state index contributed by atoms with van der Waals surface area (Å²) in [6, 6.07) is 12.7. The van der Waals surface area contributed by atoms with Gasteiger partial charge >= 0.3 is 5.97 Å². The maximum atomic E-state index is 14.0. The summed E-state index contributed by atoms with van der Waals surface area (Å²) < 4.78 is 32.9. The van der Waals surface area contributed by atoms with Gasteiger partial charge < -0.3 is 4.74 Å². The Bertz CT molecular complexity index is 957. The molecule has 0 bridgehead atoms. The van der Waals surface area contributed by atoms with Gasteiger partial charge in [-0.3, -0.25) is 4.79 Å². The van der Waals surface area contributed by atoms with Gasteiger partial charge in [-0.05, 0) is 67.7 Å². The topological polar surface area (TPSA) is 50.1 Å². The lowest BCUT2D eigenvalue weighted by Crippen LogP contribution is -2.25. The van der Waals surface area contributed by atoms with Crippen LogP contribution in [0, 0.1) is 28.9 Å². The van der Waals surface area contributed by atoms with Crippen molar-refractivity contribution in [2.45, 2.75) is 83.5 Å². The smallest absolute Gasteiger partial charge is 0.314 e. The Balaban J connectivity index is 1.45. The first-order chi connectivity index (χ1) is 16.0. The molecule has 0 heterocycles. The SMILES string of the molecule is CCCCCCCCc1ccc([C@H]2CC[C@H](C(=O)Oc3ccc(C#N)c(F)c3F)CC2)cc1. The molecule has 3 rings (SSSR count). The number of hydrogen-bond donors (Lipinski definition) is 0. The number of nitriles is 1.